The maximum Gasteiger partial charge on any atom is 0.337 e. The fourth-order valence-electron chi connectivity index (χ4n) is 4.11. The average molecular weight is 413 g/mol. The van der Waals surface area contributed by atoms with Crippen LogP contribution < -0.4 is 5.32 Å². The molecule has 0 spiro atoms. The Morgan fingerprint density at radius 1 is 0.968 bits per heavy atom. The van der Waals surface area contributed by atoms with Crippen molar-refractivity contribution in [2.75, 3.05) is 5.32 Å². The zero-order valence-corrected chi connectivity index (χ0v) is 17.7. The molecule has 0 saturated carbocycles. The molecule has 0 fully saturated rings. The lowest BCUT2D eigenvalue weighted by molar-refractivity contribution is 0.0698. The minimum atomic E-state index is -0.960. The van der Waals surface area contributed by atoms with Crippen molar-refractivity contribution in [3.8, 4) is 11.1 Å². The molecule has 3 nitrogen and oxygen atoms in total. The zero-order chi connectivity index (χ0) is 22.1. The standard InChI is InChI=1S/C27H24FNO2/c1-16-12-20-14-17(2)23(19-8-10-21(28)11-9-19)15-25(20)24(13-16)18(3)29-26-7-5-4-6-22(26)27(30)31/h4-15,18,29H,1-3H3,(H,30,31). The third kappa shape index (κ3) is 4.15. The van der Waals surface area contributed by atoms with E-state index in [0.717, 1.165) is 38.6 Å². The highest BCUT2D eigenvalue weighted by Crippen LogP contribution is 2.34. The molecule has 156 valence electrons. The van der Waals surface area contributed by atoms with E-state index in [1.807, 2.05) is 13.0 Å². The molecule has 0 radical (unpaired) electrons. The van der Waals surface area contributed by atoms with E-state index in [4.69, 9.17) is 0 Å². The van der Waals surface area contributed by atoms with Gasteiger partial charge in [0, 0.05) is 11.7 Å². The number of aromatic carboxylic acids is 1. The fourth-order valence-corrected chi connectivity index (χ4v) is 4.11. The molecular weight excluding hydrogens is 389 g/mol. The van der Waals surface area contributed by atoms with Crippen LogP contribution in [0.5, 0.6) is 0 Å². The number of rotatable bonds is 5. The normalized spacial score (nSPS) is 12.0. The van der Waals surface area contributed by atoms with Gasteiger partial charge in [0.05, 0.1) is 5.56 Å². The van der Waals surface area contributed by atoms with Crippen molar-refractivity contribution in [1.29, 1.82) is 0 Å². The largest absolute Gasteiger partial charge is 0.478 e. The number of anilines is 1. The second-order valence-corrected chi connectivity index (χ2v) is 7.97. The summed E-state index contributed by atoms with van der Waals surface area (Å²) in [5.41, 5.74) is 6.18. The molecule has 0 saturated heterocycles. The summed E-state index contributed by atoms with van der Waals surface area (Å²) in [4.78, 5) is 11.6. The third-order valence-electron chi connectivity index (χ3n) is 5.63. The van der Waals surface area contributed by atoms with Gasteiger partial charge in [-0.25, -0.2) is 9.18 Å². The fraction of sp³-hybridized carbons (Fsp3) is 0.148. The van der Waals surface area contributed by atoms with Gasteiger partial charge in [-0.15, -0.1) is 0 Å². The Labute approximate surface area is 181 Å². The minimum absolute atomic E-state index is 0.119. The van der Waals surface area contributed by atoms with Gasteiger partial charge in [-0.1, -0.05) is 48.0 Å². The summed E-state index contributed by atoms with van der Waals surface area (Å²) in [5, 5.41) is 15.1. The van der Waals surface area contributed by atoms with E-state index in [9.17, 15) is 14.3 Å². The summed E-state index contributed by atoms with van der Waals surface area (Å²) >= 11 is 0. The van der Waals surface area contributed by atoms with Crippen LogP contribution in [0.15, 0.2) is 72.8 Å². The van der Waals surface area contributed by atoms with Crippen molar-refractivity contribution >= 4 is 22.4 Å². The van der Waals surface area contributed by atoms with Crippen molar-refractivity contribution in [2.45, 2.75) is 26.8 Å². The van der Waals surface area contributed by atoms with Crippen LogP contribution in [0.4, 0.5) is 10.1 Å². The Kier molecular flexibility index (Phi) is 5.47. The van der Waals surface area contributed by atoms with Crippen molar-refractivity contribution in [2.24, 2.45) is 0 Å². The van der Waals surface area contributed by atoms with Crippen LogP contribution in [0.1, 0.15) is 40.0 Å². The molecule has 1 unspecified atom stereocenters. The number of carboxylic acids is 1. The van der Waals surface area contributed by atoms with E-state index < -0.39 is 5.97 Å². The maximum absolute atomic E-state index is 13.4. The van der Waals surface area contributed by atoms with Crippen molar-refractivity contribution in [1.82, 2.24) is 0 Å². The Morgan fingerprint density at radius 3 is 2.39 bits per heavy atom. The number of aryl methyl sites for hydroxylation is 2. The highest BCUT2D eigenvalue weighted by molar-refractivity contribution is 5.95. The van der Waals surface area contributed by atoms with Gasteiger partial charge in [0.1, 0.15) is 5.82 Å². The van der Waals surface area contributed by atoms with Gasteiger partial charge in [0.2, 0.25) is 0 Å². The van der Waals surface area contributed by atoms with Crippen LogP contribution in [0.2, 0.25) is 0 Å². The average Bonchev–Trinajstić information content (AvgIpc) is 2.73. The first-order valence-electron chi connectivity index (χ1n) is 10.2. The van der Waals surface area contributed by atoms with E-state index in [-0.39, 0.29) is 17.4 Å². The van der Waals surface area contributed by atoms with E-state index in [1.54, 1.807) is 30.3 Å². The second-order valence-electron chi connectivity index (χ2n) is 7.97. The van der Waals surface area contributed by atoms with Gasteiger partial charge in [0.25, 0.3) is 0 Å². The summed E-state index contributed by atoms with van der Waals surface area (Å²) in [6, 6.07) is 21.9. The molecule has 4 rings (SSSR count). The molecule has 0 amide bonds. The predicted molar refractivity (Wildman–Crippen MR) is 124 cm³/mol. The van der Waals surface area contributed by atoms with Crippen molar-refractivity contribution in [3.05, 3.63) is 101 Å². The minimum Gasteiger partial charge on any atom is -0.478 e. The maximum atomic E-state index is 13.4. The highest BCUT2D eigenvalue weighted by Gasteiger charge is 2.16. The molecule has 4 aromatic carbocycles. The van der Waals surface area contributed by atoms with Gasteiger partial charge in [-0.3, -0.25) is 0 Å². The molecule has 0 aliphatic rings. The zero-order valence-electron chi connectivity index (χ0n) is 17.7. The van der Waals surface area contributed by atoms with Gasteiger partial charge >= 0.3 is 5.97 Å². The molecule has 0 aromatic heterocycles. The van der Waals surface area contributed by atoms with E-state index in [2.05, 4.69) is 43.4 Å². The van der Waals surface area contributed by atoms with E-state index >= 15 is 0 Å². The number of para-hydroxylation sites is 1. The third-order valence-corrected chi connectivity index (χ3v) is 5.63. The molecule has 0 aliphatic heterocycles. The number of fused-ring (bicyclic) bond motifs is 1. The topological polar surface area (TPSA) is 49.3 Å². The van der Waals surface area contributed by atoms with Gasteiger partial charge < -0.3 is 10.4 Å². The number of hydrogen-bond acceptors (Lipinski definition) is 2. The van der Waals surface area contributed by atoms with Crippen molar-refractivity contribution < 1.29 is 14.3 Å². The summed E-state index contributed by atoms with van der Waals surface area (Å²) in [5.74, 6) is -1.22. The first kappa shape index (κ1) is 20.6. The Bertz CT molecular complexity index is 1280. The number of hydrogen-bond donors (Lipinski definition) is 2. The first-order valence-corrected chi connectivity index (χ1v) is 10.2. The lowest BCUT2D eigenvalue weighted by atomic mass is 9.91. The number of halogens is 1. The van der Waals surface area contributed by atoms with E-state index in [0.29, 0.717) is 5.69 Å². The number of carbonyl (C=O) groups is 1. The lowest BCUT2D eigenvalue weighted by Gasteiger charge is -2.21. The highest BCUT2D eigenvalue weighted by atomic mass is 19.1. The van der Waals surface area contributed by atoms with E-state index in [1.165, 1.54) is 12.1 Å². The van der Waals surface area contributed by atoms with Crippen molar-refractivity contribution in [3.63, 3.8) is 0 Å². The quantitative estimate of drug-likeness (QED) is 0.366. The number of nitrogens with one attached hydrogen (secondary N) is 1. The molecule has 0 bridgehead atoms. The molecule has 0 aliphatic carbocycles. The molecule has 2 N–H and O–H groups in total. The van der Waals surface area contributed by atoms with Gasteiger partial charge in [-0.05, 0) is 84.1 Å². The molecular formula is C27H24FNO2. The summed E-state index contributed by atoms with van der Waals surface area (Å²) in [6.45, 7) is 6.15. The number of benzene rings is 4. The molecule has 4 aromatic rings. The second kappa shape index (κ2) is 8.23. The summed E-state index contributed by atoms with van der Waals surface area (Å²) < 4.78 is 13.4. The van der Waals surface area contributed by atoms with Crippen LogP contribution in [-0.2, 0) is 0 Å². The van der Waals surface area contributed by atoms with Gasteiger partial charge in [-0.2, -0.15) is 0 Å². The predicted octanol–water partition coefficient (Wildman–Crippen LogP) is 7.13. The van der Waals surface area contributed by atoms with Crippen LogP contribution in [-0.4, -0.2) is 11.1 Å². The SMILES string of the molecule is Cc1cc(C(C)Nc2ccccc2C(=O)O)c2cc(-c3ccc(F)cc3)c(C)cc2c1. The van der Waals surface area contributed by atoms with Crippen LogP contribution in [0, 0.1) is 19.7 Å². The number of carboxylic acid groups (broad SMARTS) is 1. The lowest BCUT2D eigenvalue weighted by Crippen LogP contribution is -2.11. The first-order chi connectivity index (χ1) is 14.8. The van der Waals surface area contributed by atoms with Crippen LogP contribution >= 0.6 is 0 Å². The Balaban J connectivity index is 1.82. The van der Waals surface area contributed by atoms with Crippen LogP contribution in [0.3, 0.4) is 0 Å². The Hall–Kier alpha value is -3.66. The smallest absolute Gasteiger partial charge is 0.337 e. The molecule has 0 heterocycles. The summed E-state index contributed by atoms with van der Waals surface area (Å²) in [7, 11) is 0. The molecule has 1 atom stereocenters. The summed E-state index contributed by atoms with van der Waals surface area (Å²) in [6.07, 6.45) is 0. The molecule has 4 heteroatoms. The Morgan fingerprint density at radius 2 is 1.68 bits per heavy atom. The van der Waals surface area contributed by atoms with Gasteiger partial charge in [0.15, 0.2) is 0 Å². The monoisotopic (exact) mass is 413 g/mol. The van der Waals surface area contributed by atoms with Crippen LogP contribution in [0.25, 0.3) is 21.9 Å². The molecule has 31 heavy (non-hydrogen) atoms.